The van der Waals surface area contributed by atoms with E-state index in [4.69, 9.17) is 17.0 Å². The minimum Gasteiger partial charge on any atom is -0.383 e. The Labute approximate surface area is 124 Å². The highest BCUT2D eigenvalue weighted by Crippen LogP contribution is 2.28. The second-order valence-corrected chi connectivity index (χ2v) is 6.20. The molecule has 5 heteroatoms. The highest BCUT2D eigenvalue weighted by atomic mass is 32.2. The van der Waals surface area contributed by atoms with Crippen molar-refractivity contribution in [2.24, 2.45) is 0 Å². The van der Waals surface area contributed by atoms with E-state index in [1.165, 1.54) is 5.56 Å². The van der Waals surface area contributed by atoms with Crippen LogP contribution in [0.5, 0.6) is 0 Å². The fourth-order valence-corrected chi connectivity index (χ4v) is 3.35. The molecule has 1 saturated heterocycles. The van der Waals surface area contributed by atoms with Gasteiger partial charge in [-0.05, 0) is 12.5 Å². The molecule has 1 unspecified atom stereocenters. The van der Waals surface area contributed by atoms with E-state index in [1.54, 1.807) is 18.9 Å². The molecule has 2 rings (SSSR count). The first-order valence-corrected chi connectivity index (χ1v) is 7.81. The van der Waals surface area contributed by atoms with Crippen LogP contribution in [0, 0.1) is 0 Å². The van der Waals surface area contributed by atoms with Crippen molar-refractivity contribution >= 4 is 28.3 Å². The van der Waals surface area contributed by atoms with Gasteiger partial charge in [-0.1, -0.05) is 54.3 Å². The Kier molecular flexibility index (Phi) is 5.63. The van der Waals surface area contributed by atoms with Crippen molar-refractivity contribution in [1.82, 2.24) is 9.80 Å². The van der Waals surface area contributed by atoms with E-state index in [0.717, 1.165) is 30.0 Å². The van der Waals surface area contributed by atoms with Gasteiger partial charge in [-0.3, -0.25) is 4.90 Å². The maximum Gasteiger partial charge on any atom is 0.139 e. The molecule has 3 nitrogen and oxygen atoms in total. The molecule has 0 aliphatic carbocycles. The first-order chi connectivity index (χ1) is 9.22. The van der Waals surface area contributed by atoms with Crippen molar-refractivity contribution in [3.8, 4) is 0 Å². The summed E-state index contributed by atoms with van der Waals surface area (Å²) < 4.78 is 6.14. The summed E-state index contributed by atoms with van der Waals surface area (Å²) in [5, 5.41) is 0. The van der Waals surface area contributed by atoms with Crippen LogP contribution < -0.4 is 0 Å². The summed E-state index contributed by atoms with van der Waals surface area (Å²) in [5.74, 6) is 0.959. The summed E-state index contributed by atoms with van der Waals surface area (Å²) in [5.41, 5.74) is 1.30. The predicted molar refractivity (Wildman–Crippen MR) is 85.2 cm³/mol. The number of rotatable bonds is 5. The normalized spacial score (nSPS) is 18.6. The van der Waals surface area contributed by atoms with Gasteiger partial charge in [0, 0.05) is 13.7 Å². The van der Waals surface area contributed by atoms with Gasteiger partial charge in [0.2, 0.25) is 0 Å². The van der Waals surface area contributed by atoms with Crippen molar-refractivity contribution in [2.75, 3.05) is 32.8 Å². The zero-order valence-corrected chi connectivity index (χ0v) is 13.0. The van der Waals surface area contributed by atoms with Gasteiger partial charge < -0.3 is 9.64 Å². The van der Waals surface area contributed by atoms with Crippen LogP contribution in [-0.4, -0.2) is 46.9 Å². The zero-order valence-electron chi connectivity index (χ0n) is 11.4. The minimum absolute atomic E-state index is 0.312. The average Bonchev–Trinajstić information content (AvgIpc) is 2.46. The highest BCUT2D eigenvalue weighted by Gasteiger charge is 2.25. The molecular formula is C14H20N2OS2. The summed E-state index contributed by atoms with van der Waals surface area (Å²) >= 11 is 7.24. The van der Waals surface area contributed by atoms with Crippen LogP contribution in [0.15, 0.2) is 30.3 Å². The standard InChI is InChI=1S/C14H20N2OS2/c1-12(13-6-4-3-5-7-13)16-10-15(8-9-17-2)11-19-14(16)18/h3-7,12H,8-11H2,1-2H3. The average molecular weight is 296 g/mol. The zero-order chi connectivity index (χ0) is 13.7. The fraction of sp³-hybridized carbons (Fsp3) is 0.500. The monoisotopic (exact) mass is 296 g/mol. The molecule has 1 aromatic carbocycles. The van der Waals surface area contributed by atoms with Gasteiger partial charge >= 0.3 is 0 Å². The van der Waals surface area contributed by atoms with Crippen LogP contribution in [0.25, 0.3) is 0 Å². The molecule has 0 radical (unpaired) electrons. The number of thioether (sulfide) groups is 1. The summed E-state index contributed by atoms with van der Waals surface area (Å²) in [6, 6.07) is 10.8. The van der Waals surface area contributed by atoms with Gasteiger partial charge in [0.15, 0.2) is 0 Å². The smallest absolute Gasteiger partial charge is 0.139 e. The second-order valence-electron chi connectivity index (χ2n) is 4.62. The first-order valence-electron chi connectivity index (χ1n) is 6.42. The quantitative estimate of drug-likeness (QED) is 0.774. The van der Waals surface area contributed by atoms with E-state index in [9.17, 15) is 0 Å². The molecule has 19 heavy (non-hydrogen) atoms. The molecule has 0 amide bonds. The van der Waals surface area contributed by atoms with Gasteiger partial charge in [-0.2, -0.15) is 0 Å². The SMILES string of the molecule is COCCN1CSC(=S)N(C(C)c2ccccc2)C1. The first kappa shape index (κ1) is 14.8. The maximum atomic E-state index is 5.50. The second kappa shape index (κ2) is 7.24. The maximum absolute atomic E-state index is 5.50. The van der Waals surface area contributed by atoms with E-state index >= 15 is 0 Å². The van der Waals surface area contributed by atoms with Crippen molar-refractivity contribution in [3.63, 3.8) is 0 Å². The Bertz CT molecular complexity index is 413. The molecule has 0 bridgehead atoms. The van der Waals surface area contributed by atoms with Gasteiger partial charge in [-0.25, -0.2) is 0 Å². The summed E-state index contributed by atoms with van der Waals surface area (Å²) in [7, 11) is 1.74. The van der Waals surface area contributed by atoms with Gasteiger partial charge in [0.1, 0.15) is 4.32 Å². The number of thiocarbonyl (C=S) groups is 1. The van der Waals surface area contributed by atoms with Gasteiger partial charge in [0.05, 0.1) is 25.2 Å². The molecule has 1 atom stereocenters. The molecule has 1 heterocycles. The van der Waals surface area contributed by atoms with E-state index < -0.39 is 0 Å². The van der Waals surface area contributed by atoms with Gasteiger partial charge in [-0.15, -0.1) is 0 Å². The Morgan fingerprint density at radius 3 is 2.79 bits per heavy atom. The Morgan fingerprint density at radius 2 is 2.11 bits per heavy atom. The number of nitrogens with zero attached hydrogens (tertiary/aromatic N) is 2. The Hall–Kier alpha value is -0.620. The number of benzene rings is 1. The molecule has 1 aromatic rings. The third-order valence-corrected chi connectivity index (χ3v) is 4.88. The molecule has 0 N–H and O–H groups in total. The van der Waals surface area contributed by atoms with Crippen molar-refractivity contribution in [3.05, 3.63) is 35.9 Å². The van der Waals surface area contributed by atoms with E-state index in [0.29, 0.717) is 6.04 Å². The predicted octanol–water partition coefficient (Wildman–Crippen LogP) is 2.94. The van der Waals surface area contributed by atoms with Crippen LogP contribution >= 0.6 is 24.0 Å². The lowest BCUT2D eigenvalue weighted by Gasteiger charge is -2.40. The van der Waals surface area contributed by atoms with Crippen molar-refractivity contribution in [1.29, 1.82) is 0 Å². The minimum atomic E-state index is 0.312. The van der Waals surface area contributed by atoms with Crippen LogP contribution in [0.4, 0.5) is 0 Å². The fourth-order valence-electron chi connectivity index (χ4n) is 2.09. The van der Waals surface area contributed by atoms with E-state index in [1.807, 2.05) is 6.07 Å². The van der Waals surface area contributed by atoms with Crippen molar-refractivity contribution in [2.45, 2.75) is 13.0 Å². The molecule has 0 saturated carbocycles. The summed E-state index contributed by atoms with van der Waals surface area (Å²) in [4.78, 5) is 4.65. The topological polar surface area (TPSA) is 15.7 Å². The Morgan fingerprint density at radius 1 is 1.37 bits per heavy atom. The molecule has 104 valence electrons. The van der Waals surface area contributed by atoms with E-state index in [-0.39, 0.29) is 0 Å². The number of hydrogen-bond donors (Lipinski definition) is 0. The van der Waals surface area contributed by atoms with Crippen molar-refractivity contribution < 1.29 is 4.74 Å². The lowest BCUT2D eigenvalue weighted by molar-refractivity contribution is 0.123. The molecule has 0 aromatic heterocycles. The molecule has 1 aliphatic heterocycles. The number of hydrogen-bond acceptors (Lipinski definition) is 4. The van der Waals surface area contributed by atoms with Crippen LogP contribution in [-0.2, 0) is 4.74 Å². The van der Waals surface area contributed by atoms with Crippen LogP contribution in [0.3, 0.4) is 0 Å². The van der Waals surface area contributed by atoms with Crippen LogP contribution in [0.2, 0.25) is 0 Å². The molecule has 1 aliphatic rings. The number of methoxy groups -OCH3 is 1. The lowest BCUT2D eigenvalue weighted by Crippen LogP contribution is -2.46. The summed E-state index contributed by atoms with van der Waals surface area (Å²) in [6.07, 6.45) is 0. The number of ether oxygens (including phenoxy) is 1. The third kappa shape index (κ3) is 3.92. The lowest BCUT2D eigenvalue weighted by atomic mass is 10.1. The molecule has 0 spiro atoms. The molecular weight excluding hydrogens is 276 g/mol. The highest BCUT2D eigenvalue weighted by molar-refractivity contribution is 8.22. The van der Waals surface area contributed by atoms with Gasteiger partial charge in [0.25, 0.3) is 0 Å². The van der Waals surface area contributed by atoms with E-state index in [2.05, 4.69) is 41.0 Å². The largest absolute Gasteiger partial charge is 0.383 e. The summed E-state index contributed by atoms with van der Waals surface area (Å²) in [6.45, 7) is 4.80. The van der Waals surface area contributed by atoms with Crippen LogP contribution in [0.1, 0.15) is 18.5 Å². The third-order valence-electron chi connectivity index (χ3n) is 3.32. The molecule has 1 fully saturated rings. The Balaban J connectivity index is 2.02.